The van der Waals surface area contributed by atoms with Crippen molar-refractivity contribution < 1.29 is 9.21 Å². The molecule has 80 valence electrons. The van der Waals surface area contributed by atoms with Crippen LogP contribution in [-0.4, -0.2) is 5.78 Å². The number of carbonyl (C=O) groups excluding carboxylic acids is 1. The zero-order valence-electron chi connectivity index (χ0n) is 8.93. The molecule has 1 aromatic carbocycles. The molecular formula is C13H11NO2. The van der Waals surface area contributed by atoms with E-state index in [9.17, 15) is 4.79 Å². The van der Waals surface area contributed by atoms with Crippen LogP contribution in [0.25, 0.3) is 11.0 Å². The van der Waals surface area contributed by atoms with Crippen molar-refractivity contribution in [2.75, 3.05) is 0 Å². The summed E-state index contributed by atoms with van der Waals surface area (Å²) in [6.45, 7) is 1.83. The third-order valence-corrected chi connectivity index (χ3v) is 2.63. The standard InChI is InChI=1S/C13H11NO2/c1-2-9(7-14)13(15)11-8-16-12-6-4-3-5-10(11)12/h3-6,8-9H,2H2,1H3. The molecule has 0 bridgehead atoms. The summed E-state index contributed by atoms with van der Waals surface area (Å²) in [7, 11) is 0. The van der Waals surface area contributed by atoms with Gasteiger partial charge in [0.25, 0.3) is 0 Å². The summed E-state index contributed by atoms with van der Waals surface area (Å²) in [6.07, 6.45) is 1.96. The summed E-state index contributed by atoms with van der Waals surface area (Å²) >= 11 is 0. The number of nitriles is 1. The lowest BCUT2D eigenvalue weighted by Gasteiger charge is -2.02. The fourth-order valence-electron chi connectivity index (χ4n) is 1.69. The maximum atomic E-state index is 12.0. The molecule has 0 spiro atoms. The van der Waals surface area contributed by atoms with Crippen molar-refractivity contribution in [3.05, 3.63) is 36.1 Å². The number of ketones is 1. The minimum Gasteiger partial charge on any atom is -0.464 e. The molecule has 1 atom stereocenters. The molecule has 0 radical (unpaired) electrons. The first-order valence-corrected chi connectivity index (χ1v) is 5.18. The van der Waals surface area contributed by atoms with Crippen molar-refractivity contribution in [1.82, 2.24) is 0 Å². The second kappa shape index (κ2) is 4.19. The molecule has 0 aliphatic heterocycles. The molecule has 0 aliphatic carbocycles. The smallest absolute Gasteiger partial charge is 0.183 e. The van der Waals surface area contributed by atoms with E-state index in [1.165, 1.54) is 6.26 Å². The third kappa shape index (κ3) is 1.59. The van der Waals surface area contributed by atoms with E-state index < -0.39 is 5.92 Å². The number of rotatable bonds is 3. The lowest BCUT2D eigenvalue weighted by molar-refractivity contribution is 0.0947. The van der Waals surface area contributed by atoms with Gasteiger partial charge in [-0.05, 0) is 12.5 Å². The molecule has 1 aromatic heterocycles. The Morgan fingerprint density at radius 3 is 2.94 bits per heavy atom. The second-order valence-electron chi connectivity index (χ2n) is 3.60. The van der Waals surface area contributed by atoms with Gasteiger partial charge in [-0.25, -0.2) is 0 Å². The van der Waals surface area contributed by atoms with E-state index in [-0.39, 0.29) is 5.78 Å². The number of para-hydroxylation sites is 1. The molecule has 0 saturated carbocycles. The fraction of sp³-hybridized carbons (Fsp3) is 0.231. The Kier molecular flexibility index (Phi) is 2.74. The number of fused-ring (bicyclic) bond motifs is 1. The summed E-state index contributed by atoms with van der Waals surface area (Å²) in [6, 6.07) is 9.35. The predicted octanol–water partition coefficient (Wildman–Crippen LogP) is 3.17. The first-order valence-electron chi connectivity index (χ1n) is 5.18. The summed E-state index contributed by atoms with van der Waals surface area (Å²) in [5.74, 6) is -0.740. The molecule has 3 heteroatoms. The summed E-state index contributed by atoms with van der Waals surface area (Å²) in [4.78, 5) is 12.0. The number of carbonyl (C=O) groups is 1. The van der Waals surface area contributed by atoms with Crippen LogP contribution in [-0.2, 0) is 0 Å². The maximum Gasteiger partial charge on any atom is 0.183 e. The first kappa shape index (κ1) is 10.4. The Morgan fingerprint density at radius 2 is 2.25 bits per heavy atom. The average Bonchev–Trinajstić information content (AvgIpc) is 2.74. The fourth-order valence-corrected chi connectivity index (χ4v) is 1.69. The number of hydrogen-bond donors (Lipinski definition) is 0. The van der Waals surface area contributed by atoms with E-state index in [4.69, 9.17) is 9.68 Å². The third-order valence-electron chi connectivity index (χ3n) is 2.63. The average molecular weight is 213 g/mol. The maximum absolute atomic E-state index is 12.0. The minimum atomic E-state index is -0.582. The van der Waals surface area contributed by atoms with Gasteiger partial charge in [0, 0.05) is 5.39 Å². The van der Waals surface area contributed by atoms with Gasteiger partial charge in [0.1, 0.15) is 17.8 Å². The Balaban J connectivity index is 2.49. The Hall–Kier alpha value is -2.08. The van der Waals surface area contributed by atoms with E-state index in [1.54, 1.807) is 6.07 Å². The monoisotopic (exact) mass is 213 g/mol. The van der Waals surface area contributed by atoms with Crippen LogP contribution in [0.4, 0.5) is 0 Å². The highest BCUT2D eigenvalue weighted by molar-refractivity contribution is 6.09. The molecule has 0 saturated heterocycles. The van der Waals surface area contributed by atoms with Crippen LogP contribution in [0, 0.1) is 17.2 Å². The molecule has 3 nitrogen and oxygen atoms in total. The van der Waals surface area contributed by atoms with Crippen LogP contribution < -0.4 is 0 Å². The zero-order chi connectivity index (χ0) is 11.5. The molecule has 1 heterocycles. The molecule has 2 aromatic rings. The quantitative estimate of drug-likeness (QED) is 0.736. The van der Waals surface area contributed by atoms with Gasteiger partial charge in [0.2, 0.25) is 0 Å². The van der Waals surface area contributed by atoms with Crippen LogP contribution in [0.3, 0.4) is 0 Å². The van der Waals surface area contributed by atoms with E-state index in [1.807, 2.05) is 31.2 Å². The van der Waals surface area contributed by atoms with Gasteiger partial charge in [-0.3, -0.25) is 4.79 Å². The van der Waals surface area contributed by atoms with Gasteiger partial charge in [0.15, 0.2) is 5.78 Å². The van der Waals surface area contributed by atoms with Crippen molar-refractivity contribution in [2.45, 2.75) is 13.3 Å². The van der Waals surface area contributed by atoms with E-state index in [0.29, 0.717) is 17.6 Å². The second-order valence-corrected chi connectivity index (χ2v) is 3.60. The highest BCUT2D eigenvalue weighted by Gasteiger charge is 2.21. The number of nitrogens with zero attached hydrogens (tertiary/aromatic N) is 1. The van der Waals surface area contributed by atoms with Gasteiger partial charge >= 0.3 is 0 Å². The Morgan fingerprint density at radius 1 is 1.50 bits per heavy atom. The molecule has 0 aliphatic rings. The highest BCUT2D eigenvalue weighted by atomic mass is 16.3. The molecule has 16 heavy (non-hydrogen) atoms. The molecule has 0 amide bonds. The first-order chi connectivity index (χ1) is 7.77. The van der Waals surface area contributed by atoms with Crippen LogP contribution in [0.1, 0.15) is 23.7 Å². The number of Topliss-reactive ketones (excluding diaryl/α,β-unsaturated/α-hetero) is 1. The minimum absolute atomic E-state index is 0.157. The van der Waals surface area contributed by atoms with Crippen molar-refractivity contribution in [3.8, 4) is 6.07 Å². The van der Waals surface area contributed by atoms with Gasteiger partial charge in [0.05, 0.1) is 11.6 Å². The van der Waals surface area contributed by atoms with Crippen LogP contribution in [0.5, 0.6) is 0 Å². The van der Waals surface area contributed by atoms with Crippen LogP contribution in [0.2, 0.25) is 0 Å². The zero-order valence-corrected chi connectivity index (χ0v) is 8.93. The van der Waals surface area contributed by atoms with Crippen LogP contribution in [0.15, 0.2) is 34.9 Å². The van der Waals surface area contributed by atoms with Gasteiger partial charge in [-0.15, -0.1) is 0 Å². The van der Waals surface area contributed by atoms with Crippen molar-refractivity contribution >= 4 is 16.8 Å². The van der Waals surface area contributed by atoms with Crippen molar-refractivity contribution in [3.63, 3.8) is 0 Å². The normalized spacial score (nSPS) is 12.2. The molecular weight excluding hydrogens is 202 g/mol. The van der Waals surface area contributed by atoms with Crippen LogP contribution >= 0.6 is 0 Å². The van der Waals surface area contributed by atoms with Gasteiger partial charge in [-0.2, -0.15) is 5.26 Å². The summed E-state index contributed by atoms with van der Waals surface area (Å²) in [5, 5.41) is 9.64. The summed E-state index contributed by atoms with van der Waals surface area (Å²) < 4.78 is 5.28. The van der Waals surface area contributed by atoms with E-state index in [0.717, 1.165) is 5.39 Å². The Labute approximate surface area is 93.3 Å². The Bertz CT molecular complexity index is 563. The molecule has 0 N–H and O–H groups in total. The largest absolute Gasteiger partial charge is 0.464 e. The molecule has 0 fully saturated rings. The molecule has 2 rings (SSSR count). The predicted molar refractivity (Wildman–Crippen MR) is 59.9 cm³/mol. The van der Waals surface area contributed by atoms with Crippen molar-refractivity contribution in [1.29, 1.82) is 5.26 Å². The van der Waals surface area contributed by atoms with E-state index >= 15 is 0 Å². The summed E-state index contributed by atoms with van der Waals surface area (Å²) in [5.41, 5.74) is 1.18. The highest BCUT2D eigenvalue weighted by Crippen LogP contribution is 2.23. The SMILES string of the molecule is CCC(C#N)C(=O)c1coc2ccccc12. The number of benzene rings is 1. The van der Waals surface area contributed by atoms with Gasteiger partial charge in [-0.1, -0.05) is 25.1 Å². The number of furan rings is 1. The van der Waals surface area contributed by atoms with Crippen molar-refractivity contribution in [2.24, 2.45) is 5.92 Å². The lowest BCUT2D eigenvalue weighted by Crippen LogP contribution is -2.11. The molecule has 1 unspecified atom stereocenters. The lowest BCUT2D eigenvalue weighted by atomic mass is 9.96. The topological polar surface area (TPSA) is 54.0 Å². The van der Waals surface area contributed by atoms with Gasteiger partial charge < -0.3 is 4.42 Å². The van der Waals surface area contributed by atoms with E-state index in [2.05, 4.69) is 0 Å². The number of hydrogen-bond acceptors (Lipinski definition) is 3.